The van der Waals surface area contributed by atoms with Crippen molar-refractivity contribution in [2.45, 2.75) is 45.4 Å². The third kappa shape index (κ3) is 2.75. The van der Waals surface area contributed by atoms with Crippen LogP contribution in [-0.4, -0.2) is 20.5 Å². The Kier molecular flexibility index (Phi) is 3.96. The van der Waals surface area contributed by atoms with Crippen LogP contribution in [0.3, 0.4) is 0 Å². The zero-order chi connectivity index (χ0) is 15.6. The van der Waals surface area contributed by atoms with E-state index in [1.165, 1.54) is 25.6 Å². The maximum atomic E-state index is 12.5. The fourth-order valence-corrected chi connectivity index (χ4v) is 3.35. The van der Waals surface area contributed by atoms with Crippen molar-refractivity contribution >= 4 is 17.2 Å². The van der Waals surface area contributed by atoms with E-state index in [0.29, 0.717) is 12.1 Å². The average molecular weight is 298 g/mol. The summed E-state index contributed by atoms with van der Waals surface area (Å²) in [7, 11) is 0. The highest BCUT2D eigenvalue weighted by Crippen LogP contribution is 2.40. The summed E-state index contributed by atoms with van der Waals surface area (Å²) in [6.07, 6.45) is 11.5. The van der Waals surface area contributed by atoms with Crippen LogP contribution in [0.5, 0.6) is 0 Å². The summed E-state index contributed by atoms with van der Waals surface area (Å²) in [4.78, 5) is 16.8. The molecule has 5 nitrogen and oxygen atoms in total. The zero-order valence-corrected chi connectivity index (χ0v) is 13.0. The molecule has 2 aromatic heterocycles. The largest absolute Gasteiger partial charge is 0.323 e. The summed E-state index contributed by atoms with van der Waals surface area (Å²) in [5.41, 5.74) is 2.38. The number of hydrogen-bond acceptors (Lipinski definition) is 3. The van der Waals surface area contributed by atoms with Crippen molar-refractivity contribution in [3.8, 4) is 0 Å². The Morgan fingerprint density at radius 1 is 1.45 bits per heavy atom. The van der Waals surface area contributed by atoms with Crippen molar-refractivity contribution in [2.75, 3.05) is 5.32 Å². The molecular formula is C17H22N4O. The lowest BCUT2D eigenvalue weighted by Gasteiger charge is -2.33. The van der Waals surface area contributed by atoms with Crippen molar-refractivity contribution < 1.29 is 4.79 Å². The number of fused-ring (bicyclic) bond motifs is 1. The first kappa shape index (κ1) is 14.8. The molecule has 2 heterocycles. The molecule has 0 spiro atoms. The number of nitrogens with one attached hydrogen (secondary N) is 1. The smallest absolute Gasteiger partial charge is 0.225 e. The molecule has 0 unspecified atom stereocenters. The number of amides is 1. The van der Waals surface area contributed by atoms with Crippen LogP contribution >= 0.6 is 0 Å². The van der Waals surface area contributed by atoms with Crippen molar-refractivity contribution in [3.63, 3.8) is 0 Å². The summed E-state index contributed by atoms with van der Waals surface area (Å²) in [5, 5.41) is 7.15. The number of rotatable bonds is 4. The van der Waals surface area contributed by atoms with E-state index in [1.807, 2.05) is 25.3 Å². The number of nitrogens with zero attached hydrogens (tertiary/aromatic N) is 3. The van der Waals surface area contributed by atoms with Crippen LogP contribution in [0, 0.1) is 12.3 Å². The van der Waals surface area contributed by atoms with Gasteiger partial charge in [-0.3, -0.25) is 4.79 Å². The monoisotopic (exact) mass is 298 g/mol. The third-order valence-corrected chi connectivity index (χ3v) is 4.72. The van der Waals surface area contributed by atoms with Gasteiger partial charge in [0.1, 0.15) is 6.33 Å². The highest BCUT2D eigenvalue weighted by atomic mass is 16.1. The quantitative estimate of drug-likeness (QED) is 0.879. The van der Waals surface area contributed by atoms with Crippen LogP contribution in [0.25, 0.3) is 5.65 Å². The molecular weight excluding hydrogens is 276 g/mol. The van der Waals surface area contributed by atoms with Gasteiger partial charge in [0.05, 0.1) is 5.69 Å². The van der Waals surface area contributed by atoms with Crippen molar-refractivity contribution in [1.82, 2.24) is 14.6 Å². The lowest BCUT2D eigenvalue weighted by molar-refractivity contribution is -0.118. The predicted octanol–water partition coefficient (Wildman–Crippen LogP) is 3.50. The standard InChI is InChI=1S/C17H22N4O/c1-3-17(8-5-4-6-9-17)11-14(22)20-15-13(2)7-10-21-16(15)18-12-19-21/h3,7,10,12H,1,4-6,8-9,11H2,2H3,(H,20,22). The Labute approximate surface area is 130 Å². The van der Waals surface area contributed by atoms with E-state index < -0.39 is 0 Å². The predicted molar refractivity (Wildman–Crippen MR) is 86.7 cm³/mol. The second kappa shape index (κ2) is 5.91. The molecule has 1 aliphatic rings. The molecule has 0 aromatic carbocycles. The van der Waals surface area contributed by atoms with Gasteiger partial charge in [-0.15, -0.1) is 6.58 Å². The first-order chi connectivity index (χ1) is 10.6. The minimum Gasteiger partial charge on any atom is -0.323 e. The summed E-state index contributed by atoms with van der Waals surface area (Å²) in [6, 6.07) is 1.93. The van der Waals surface area contributed by atoms with Crippen LogP contribution in [0.2, 0.25) is 0 Å². The molecule has 1 aliphatic carbocycles. The van der Waals surface area contributed by atoms with E-state index in [4.69, 9.17) is 0 Å². The second-order valence-corrected chi connectivity index (χ2v) is 6.25. The van der Waals surface area contributed by atoms with Crippen LogP contribution in [-0.2, 0) is 4.79 Å². The van der Waals surface area contributed by atoms with Gasteiger partial charge in [0.2, 0.25) is 5.91 Å². The van der Waals surface area contributed by atoms with Gasteiger partial charge >= 0.3 is 0 Å². The molecule has 1 amide bonds. The number of carbonyl (C=O) groups excluding carboxylic acids is 1. The van der Waals surface area contributed by atoms with E-state index in [0.717, 1.165) is 24.1 Å². The fraction of sp³-hybridized carbons (Fsp3) is 0.471. The topological polar surface area (TPSA) is 59.3 Å². The normalized spacial score (nSPS) is 17.3. The van der Waals surface area contributed by atoms with Crippen LogP contribution in [0.15, 0.2) is 31.2 Å². The van der Waals surface area contributed by atoms with E-state index >= 15 is 0 Å². The first-order valence-corrected chi connectivity index (χ1v) is 7.86. The Bertz CT molecular complexity index is 698. The zero-order valence-electron chi connectivity index (χ0n) is 13.0. The number of aromatic nitrogens is 3. The van der Waals surface area contributed by atoms with Crippen LogP contribution in [0.4, 0.5) is 5.69 Å². The van der Waals surface area contributed by atoms with Gasteiger partial charge in [-0.1, -0.05) is 25.3 Å². The van der Waals surface area contributed by atoms with Crippen LogP contribution < -0.4 is 5.32 Å². The van der Waals surface area contributed by atoms with Gasteiger partial charge in [-0.25, -0.2) is 9.50 Å². The molecule has 1 saturated carbocycles. The lowest BCUT2D eigenvalue weighted by atomic mass is 9.72. The van der Waals surface area contributed by atoms with E-state index in [-0.39, 0.29) is 11.3 Å². The number of aryl methyl sites for hydroxylation is 1. The van der Waals surface area contributed by atoms with Gasteiger partial charge in [-0.05, 0) is 36.8 Å². The van der Waals surface area contributed by atoms with Crippen molar-refractivity contribution in [3.05, 3.63) is 36.8 Å². The number of carbonyl (C=O) groups is 1. The molecule has 0 radical (unpaired) electrons. The molecule has 0 saturated heterocycles. The summed E-state index contributed by atoms with van der Waals surface area (Å²) in [6.45, 7) is 5.94. The molecule has 0 aliphatic heterocycles. The molecule has 22 heavy (non-hydrogen) atoms. The summed E-state index contributed by atoms with van der Waals surface area (Å²) < 4.78 is 1.67. The Balaban J connectivity index is 1.79. The number of pyridine rings is 1. The second-order valence-electron chi connectivity index (χ2n) is 6.25. The summed E-state index contributed by atoms with van der Waals surface area (Å²) in [5.74, 6) is 0.0287. The maximum absolute atomic E-state index is 12.5. The van der Waals surface area contributed by atoms with E-state index in [9.17, 15) is 4.79 Å². The summed E-state index contributed by atoms with van der Waals surface area (Å²) >= 11 is 0. The molecule has 0 bridgehead atoms. The first-order valence-electron chi connectivity index (χ1n) is 7.86. The Morgan fingerprint density at radius 3 is 2.95 bits per heavy atom. The molecule has 3 rings (SSSR count). The van der Waals surface area contributed by atoms with Gasteiger partial charge in [-0.2, -0.15) is 5.10 Å². The van der Waals surface area contributed by atoms with Gasteiger partial charge < -0.3 is 5.32 Å². The number of hydrogen-bond donors (Lipinski definition) is 1. The van der Waals surface area contributed by atoms with Gasteiger partial charge in [0.15, 0.2) is 5.65 Å². The van der Waals surface area contributed by atoms with Gasteiger partial charge in [0.25, 0.3) is 0 Å². The minimum absolute atomic E-state index is 0.0287. The maximum Gasteiger partial charge on any atom is 0.225 e. The Morgan fingerprint density at radius 2 is 2.23 bits per heavy atom. The molecule has 0 atom stereocenters. The Hall–Kier alpha value is -2.17. The number of anilines is 1. The molecule has 5 heteroatoms. The fourth-order valence-electron chi connectivity index (χ4n) is 3.35. The molecule has 116 valence electrons. The van der Waals surface area contributed by atoms with Crippen molar-refractivity contribution in [1.29, 1.82) is 0 Å². The van der Waals surface area contributed by atoms with Crippen LogP contribution in [0.1, 0.15) is 44.1 Å². The SMILES string of the molecule is C=CC1(CC(=O)Nc2c(C)ccn3ncnc23)CCCCC1. The highest BCUT2D eigenvalue weighted by molar-refractivity contribution is 5.95. The van der Waals surface area contributed by atoms with E-state index in [1.54, 1.807) is 4.52 Å². The number of allylic oxidation sites excluding steroid dienone is 1. The van der Waals surface area contributed by atoms with Crippen molar-refractivity contribution in [2.24, 2.45) is 5.41 Å². The molecule has 1 fully saturated rings. The molecule has 1 N–H and O–H groups in total. The van der Waals surface area contributed by atoms with Gasteiger partial charge in [0, 0.05) is 12.6 Å². The minimum atomic E-state index is -0.0467. The lowest BCUT2D eigenvalue weighted by Crippen LogP contribution is -2.28. The average Bonchev–Trinajstić information content (AvgIpc) is 3.00. The van der Waals surface area contributed by atoms with E-state index in [2.05, 4.69) is 22.0 Å². The third-order valence-electron chi connectivity index (χ3n) is 4.72. The highest BCUT2D eigenvalue weighted by Gasteiger charge is 2.31. The molecule has 2 aromatic rings.